The summed E-state index contributed by atoms with van der Waals surface area (Å²) in [6, 6.07) is 8.42. The Labute approximate surface area is 118 Å². The van der Waals surface area contributed by atoms with Gasteiger partial charge in [0.05, 0.1) is 10.2 Å². The van der Waals surface area contributed by atoms with Gasteiger partial charge in [0, 0.05) is 6.54 Å². The Morgan fingerprint density at radius 2 is 1.89 bits per heavy atom. The molecule has 2 aromatic rings. The van der Waals surface area contributed by atoms with Gasteiger partial charge in [0.25, 0.3) is 0 Å². The van der Waals surface area contributed by atoms with Crippen LogP contribution in [0.4, 0.5) is 0 Å². The van der Waals surface area contributed by atoms with Crippen molar-refractivity contribution in [1.29, 1.82) is 0 Å². The van der Waals surface area contributed by atoms with Crippen LogP contribution >= 0.6 is 11.3 Å². The van der Waals surface area contributed by atoms with Crippen molar-refractivity contribution in [3.05, 3.63) is 29.3 Å². The van der Waals surface area contributed by atoms with E-state index >= 15 is 0 Å². The molecule has 0 amide bonds. The first-order valence-electron chi connectivity index (χ1n) is 7.45. The predicted molar refractivity (Wildman–Crippen MR) is 80.3 cm³/mol. The predicted octanol–water partition coefficient (Wildman–Crippen LogP) is 3.82. The maximum atomic E-state index is 4.69. The van der Waals surface area contributed by atoms with Crippen molar-refractivity contribution in [1.82, 2.24) is 10.3 Å². The highest BCUT2D eigenvalue weighted by Gasteiger charge is 2.40. The van der Waals surface area contributed by atoms with Crippen LogP contribution in [-0.2, 0) is 6.54 Å². The lowest BCUT2D eigenvalue weighted by Gasteiger charge is -2.15. The molecule has 100 valence electrons. The van der Waals surface area contributed by atoms with E-state index in [1.165, 1.54) is 41.9 Å². The van der Waals surface area contributed by atoms with Crippen LogP contribution in [0.15, 0.2) is 24.3 Å². The Hall–Kier alpha value is -0.930. The van der Waals surface area contributed by atoms with Gasteiger partial charge in [-0.3, -0.25) is 0 Å². The van der Waals surface area contributed by atoms with Crippen molar-refractivity contribution in [3.8, 4) is 0 Å². The lowest BCUT2D eigenvalue weighted by Crippen LogP contribution is -2.25. The molecule has 0 spiro atoms. The Bertz CT molecular complexity index is 524. The molecule has 0 bridgehead atoms. The SMILES string of the molecule is c1ccc2sc(CNCC(C3CC3)C3CC3)nc2c1. The van der Waals surface area contributed by atoms with E-state index in [0.29, 0.717) is 0 Å². The van der Waals surface area contributed by atoms with Crippen LogP contribution in [0.5, 0.6) is 0 Å². The molecule has 2 nitrogen and oxygen atoms in total. The molecule has 2 aliphatic rings. The van der Waals surface area contributed by atoms with Crippen LogP contribution in [0.2, 0.25) is 0 Å². The van der Waals surface area contributed by atoms with E-state index in [9.17, 15) is 0 Å². The van der Waals surface area contributed by atoms with Gasteiger partial charge < -0.3 is 5.32 Å². The minimum absolute atomic E-state index is 0.940. The normalized spacial score (nSPS) is 19.4. The first-order chi connectivity index (χ1) is 9.40. The molecule has 19 heavy (non-hydrogen) atoms. The number of fused-ring (bicyclic) bond motifs is 1. The van der Waals surface area contributed by atoms with Gasteiger partial charge in [0.15, 0.2) is 0 Å². The van der Waals surface area contributed by atoms with Gasteiger partial charge in [-0.05, 0) is 62.1 Å². The average Bonchev–Trinajstić information content (AvgIpc) is 3.32. The molecule has 1 N–H and O–H groups in total. The summed E-state index contributed by atoms with van der Waals surface area (Å²) in [7, 11) is 0. The van der Waals surface area contributed by atoms with Gasteiger partial charge in [-0.1, -0.05) is 12.1 Å². The smallest absolute Gasteiger partial charge is 0.108 e. The number of hydrogen-bond acceptors (Lipinski definition) is 3. The summed E-state index contributed by atoms with van der Waals surface area (Å²) in [5.74, 6) is 3.03. The van der Waals surface area contributed by atoms with E-state index in [4.69, 9.17) is 0 Å². The third-order valence-corrected chi connectivity index (χ3v) is 5.49. The molecular formula is C16H20N2S. The minimum atomic E-state index is 0.940. The molecule has 0 atom stereocenters. The Balaban J connectivity index is 1.36. The van der Waals surface area contributed by atoms with Crippen molar-refractivity contribution in [3.63, 3.8) is 0 Å². The summed E-state index contributed by atoms with van der Waals surface area (Å²) in [6.07, 6.45) is 5.90. The topological polar surface area (TPSA) is 24.9 Å². The van der Waals surface area contributed by atoms with E-state index in [-0.39, 0.29) is 0 Å². The second kappa shape index (κ2) is 4.88. The lowest BCUT2D eigenvalue weighted by molar-refractivity contribution is 0.378. The Morgan fingerprint density at radius 3 is 2.58 bits per heavy atom. The highest BCUT2D eigenvalue weighted by molar-refractivity contribution is 7.18. The zero-order valence-electron chi connectivity index (χ0n) is 11.1. The number of nitrogens with zero attached hydrogens (tertiary/aromatic N) is 1. The average molecular weight is 272 g/mol. The summed E-state index contributed by atoms with van der Waals surface area (Å²) in [5.41, 5.74) is 1.14. The monoisotopic (exact) mass is 272 g/mol. The number of nitrogens with one attached hydrogen (secondary N) is 1. The van der Waals surface area contributed by atoms with Gasteiger partial charge >= 0.3 is 0 Å². The fraction of sp³-hybridized carbons (Fsp3) is 0.562. The standard InChI is InChI=1S/C16H20N2S/c1-2-4-15-14(3-1)18-16(19-15)10-17-9-13(11-5-6-11)12-7-8-12/h1-4,11-13,17H,5-10H2. The fourth-order valence-electron chi connectivity index (χ4n) is 3.11. The Morgan fingerprint density at radius 1 is 1.16 bits per heavy atom. The third-order valence-electron chi connectivity index (χ3n) is 4.45. The van der Waals surface area contributed by atoms with Crippen molar-refractivity contribution in [2.24, 2.45) is 17.8 Å². The molecule has 1 heterocycles. The molecule has 0 aliphatic heterocycles. The van der Waals surface area contributed by atoms with Crippen LogP contribution < -0.4 is 5.32 Å². The van der Waals surface area contributed by atoms with E-state index in [1.807, 2.05) is 11.3 Å². The number of benzene rings is 1. The highest BCUT2D eigenvalue weighted by atomic mass is 32.1. The van der Waals surface area contributed by atoms with Crippen LogP contribution in [0.1, 0.15) is 30.7 Å². The van der Waals surface area contributed by atoms with E-state index in [2.05, 4.69) is 34.6 Å². The maximum Gasteiger partial charge on any atom is 0.108 e. The van der Waals surface area contributed by atoms with Crippen molar-refractivity contribution < 1.29 is 0 Å². The second-order valence-corrected chi connectivity index (χ2v) is 7.16. The molecular weight excluding hydrogens is 252 g/mol. The summed E-state index contributed by atoms with van der Waals surface area (Å²) in [5, 5.41) is 4.88. The first-order valence-corrected chi connectivity index (χ1v) is 8.27. The molecule has 0 unspecified atom stereocenters. The summed E-state index contributed by atoms with van der Waals surface area (Å²) in [4.78, 5) is 4.69. The van der Waals surface area contributed by atoms with Gasteiger partial charge in [-0.2, -0.15) is 0 Å². The molecule has 0 radical (unpaired) electrons. The van der Waals surface area contributed by atoms with Crippen molar-refractivity contribution >= 4 is 21.6 Å². The molecule has 3 heteroatoms. The van der Waals surface area contributed by atoms with Gasteiger partial charge in [0.1, 0.15) is 5.01 Å². The molecule has 2 saturated carbocycles. The highest BCUT2D eigenvalue weighted by Crippen LogP contribution is 2.48. The van der Waals surface area contributed by atoms with Crippen molar-refractivity contribution in [2.45, 2.75) is 32.2 Å². The fourth-order valence-corrected chi connectivity index (χ4v) is 4.05. The maximum absolute atomic E-state index is 4.69. The molecule has 0 saturated heterocycles. The van der Waals surface area contributed by atoms with Gasteiger partial charge in [-0.25, -0.2) is 4.98 Å². The largest absolute Gasteiger partial charge is 0.310 e. The zero-order valence-corrected chi connectivity index (χ0v) is 12.0. The van der Waals surface area contributed by atoms with E-state index in [0.717, 1.165) is 29.8 Å². The lowest BCUT2D eigenvalue weighted by atomic mass is 9.98. The number of thiazole rings is 1. The number of hydrogen-bond donors (Lipinski definition) is 1. The van der Waals surface area contributed by atoms with E-state index in [1.54, 1.807) is 0 Å². The second-order valence-electron chi connectivity index (χ2n) is 6.04. The van der Waals surface area contributed by atoms with Gasteiger partial charge in [-0.15, -0.1) is 11.3 Å². The summed E-state index contributed by atoms with van der Waals surface area (Å²) in [6.45, 7) is 2.14. The summed E-state index contributed by atoms with van der Waals surface area (Å²) < 4.78 is 1.31. The molecule has 1 aromatic heterocycles. The van der Waals surface area contributed by atoms with Crippen LogP contribution in [0, 0.1) is 17.8 Å². The molecule has 1 aromatic carbocycles. The minimum Gasteiger partial charge on any atom is -0.310 e. The quantitative estimate of drug-likeness (QED) is 0.864. The zero-order chi connectivity index (χ0) is 12.7. The number of aromatic nitrogens is 1. The van der Waals surface area contributed by atoms with Crippen molar-refractivity contribution in [2.75, 3.05) is 6.54 Å². The number of rotatable bonds is 6. The van der Waals surface area contributed by atoms with Crippen LogP contribution in [0.25, 0.3) is 10.2 Å². The van der Waals surface area contributed by atoms with Crippen LogP contribution in [0.3, 0.4) is 0 Å². The molecule has 4 rings (SSSR count). The molecule has 2 aliphatic carbocycles. The third kappa shape index (κ3) is 2.67. The van der Waals surface area contributed by atoms with E-state index < -0.39 is 0 Å². The molecule has 2 fully saturated rings. The number of para-hydroxylation sites is 1. The summed E-state index contributed by atoms with van der Waals surface area (Å²) >= 11 is 1.82. The van der Waals surface area contributed by atoms with Crippen LogP contribution in [-0.4, -0.2) is 11.5 Å². The van der Waals surface area contributed by atoms with Gasteiger partial charge in [0.2, 0.25) is 0 Å². The first kappa shape index (κ1) is 11.9. The Kier molecular flexibility index (Phi) is 3.04.